The molecular weight excluding hydrogens is 655 g/mol. The summed E-state index contributed by atoms with van der Waals surface area (Å²) in [5.41, 5.74) is 2.28. The Labute approximate surface area is 287 Å². The lowest BCUT2D eigenvalue weighted by molar-refractivity contribution is -0.384. The summed E-state index contributed by atoms with van der Waals surface area (Å²) in [5.74, 6) is -0.552. The average molecular weight is 688 g/mol. The number of hydrogen-bond acceptors (Lipinski definition) is 6. The van der Waals surface area contributed by atoms with E-state index in [1.807, 2.05) is 42.5 Å². The molecule has 2 atom stereocenters. The number of carbonyl (C=O) groups excluding carboxylic acids is 3. The highest BCUT2D eigenvalue weighted by molar-refractivity contribution is 6.42. The molecule has 11 nitrogen and oxygen atoms in total. The van der Waals surface area contributed by atoms with Crippen LogP contribution in [0.4, 0.5) is 10.5 Å². The molecule has 2 aliphatic heterocycles. The van der Waals surface area contributed by atoms with Crippen LogP contribution in [0.15, 0.2) is 97.6 Å². The molecule has 4 amide bonds. The molecule has 4 aromatic rings. The van der Waals surface area contributed by atoms with Gasteiger partial charge in [0.25, 0.3) is 5.69 Å². The average Bonchev–Trinajstić information content (AvgIpc) is 3.41. The highest BCUT2D eigenvalue weighted by Gasteiger charge is 2.52. The number of halogens is 2. The Morgan fingerprint density at radius 1 is 1.00 bits per heavy atom. The monoisotopic (exact) mass is 686 g/mol. The summed E-state index contributed by atoms with van der Waals surface area (Å²) in [6.45, 7) is 4.40. The van der Waals surface area contributed by atoms with Crippen molar-refractivity contribution in [1.82, 2.24) is 25.1 Å². The first-order chi connectivity index (χ1) is 23.1. The van der Waals surface area contributed by atoms with E-state index < -0.39 is 23.2 Å². The molecule has 4 aromatic carbocycles. The van der Waals surface area contributed by atoms with Crippen molar-refractivity contribution in [3.8, 4) is 0 Å². The molecule has 2 fully saturated rings. The molecule has 13 heteroatoms. The summed E-state index contributed by atoms with van der Waals surface area (Å²) < 4.78 is 0. The third kappa shape index (κ3) is 6.70. The standard InChI is InChI=1S/C35H32Cl2N6O5/c1-2-16-40(35(46)38-19-24-12-15-29(36)30(37)17-24)41-22-33(44)42-31(18-23-10-13-27(14-11-23)43(47)48)34(45)39(21-32(41)42)20-26-8-5-7-25-6-3-4-9-28(25)26/h2-15,17,31-32H,1,16,18-22H2,(H,38,46)/t31-,32+/m0/s1. The molecule has 2 aliphatic rings. The third-order valence-electron chi connectivity index (χ3n) is 8.66. The van der Waals surface area contributed by atoms with Crippen LogP contribution in [-0.4, -0.2) is 74.4 Å². The van der Waals surface area contributed by atoms with E-state index >= 15 is 0 Å². The number of benzene rings is 4. The van der Waals surface area contributed by atoms with Gasteiger partial charge in [0.2, 0.25) is 11.8 Å². The minimum absolute atomic E-state index is 0.0699. The van der Waals surface area contributed by atoms with E-state index in [2.05, 4.69) is 11.9 Å². The SMILES string of the molecule is C=CCN(C(=O)NCc1ccc(Cl)c(Cl)c1)N1CC(=O)N2[C@@H](Cc3ccc([N+](=O)[O-])cc3)C(=O)N(Cc3cccc4ccccc34)C[C@@H]21. The quantitative estimate of drug-likeness (QED) is 0.128. The molecule has 0 radical (unpaired) electrons. The third-order valence-corrected chi connectivity index (χ3v) is 9.40. The fourth-order valence-electron chi connectivity index (χ4n) is 6.35. The molecule has 0 bridgehead atoms. The van der Waals surface area contributed by atoms with Crippen LogP contribution in [0.2, 0.25) is 10.0 Å². The van der Waals surface area contributed by atoms with Crippen molar-refractivity contribution in [1.29, 1.82) is 0 Å². The Bertz CT molecular complexity index is 1900. The number of carbonyl (C=O) groups is 3. The van der Waals surface area contributed by atoms with Crippen molar-refractivity contribution >= 4 is 57.5 Å². The maximum atomic E-state index is 14.3. The molecule has 246 valence electrons. The van der Waals surface area contributed by atoms with Crippen LogP contribution in [-0.2, 0) is 29.1 Å². The first-order valence-corrected chi connectivity index (χ1v) is 16.1. The summed E-state index contributed by atoms with van der Waals surface area (Å²) in [7, 11) is 0. The highest BCUT2D eigenvalue weighted by Crippen LogP contribution is 2.32. The number of hydrazine groups is 1. The minimum Gasteiger partial charge on any atom is -0.333 e. The maximum absolute atomic E-state index is 14.3. The second kappa shape index (κ2) is 14.0. The largest absolute Gasteiger partial charge is 0.333 e. The molecule has 0 spiro atoms. The Hall–Kier alpha value is -4.97. The first kappa shape index (κ1) is 33.0. The topological polar surface area (TPSA) is 119 Å². The van der Waals surface area contributed by atoms with Crippen molar-refractivity contribution in [2.24, 2.45) is 0 Å². The van der Waals surface area contributed by atoms with Gasteiger partial charge in [0.15, 0.2) is 0 Å². The zero-order valence-corrected chi connectivity index (χ0v) is 27.3. The Kier molecular flexibility index (Phi) is 9.63. The van der Waals surface area contributed by atoms with Crippen LogP contribution in [0.1, 0.15) is 16.7 Å². The molecule has 0 unspecified atom stereocenters. The van der Waals surface area contributed by atoms with Gasteiger partial charge >= 0.3 is 6.03 Å². The fourth-order valence-corrected chi connectivity index (χ4v) is 6.67. The number of non-ortho nitro benzene ring substituents is 1. The van der Waals surface area contributed by atoms with E-state index in [0.29, 0.717) is 15.6 Å². The smallest absolute Gasteiger partial charge is 0.332 e. The summed E-state index contributed by atoms with van der Waals surface area (Å²) in [6, 6.07) is 23.6. The summed E-state index contributed by atoms with van der Waals surface area (Å²) in [6.07, 6.45) is 1.05. The second-order valence-electron chi connectivity index (χ2n) is 11.7. The number of nitrogens with one attached hydrogen (secondary N) is 1. The van der Waals surface area contributed by atoms with Gasteiger partial charge in [-0.3, -0.25) is 24.7 Å². The van der Waals surface area contributed by atoms with Gasteiger partial charge in [-0.15, -0.1) is 6.58 Å². The van der Waals surface area contributed by atoms with Crippen molar-refractivity contribution in [2.45, 2.75) is 31.7 Å². The summed E-state index contributed by atoms with van der Waals surface area (Å²) in [5, 5.41) is 20.1. The normalized spacial score (nSPS) is 17.8. The van der Waals surface area contributed by atoms with E-state index in [4.69, 9.17) is 23.2 Å². The van der Waals surface area contributed by atoms with E-state index in [1.165, 1.54) is 17.1 Å². The van der Waals surface area contributed by atoms with Crippen LogP contribution in [0.3, 0.4) is 0 Å². The van der Waals surface area contributed by atoms with Gasteiger partial charge in [-0.25, -0.2) is 4.79 Å². The second-order valence-corrected chi connectivity index (χ2v) is 12.5. The van der Waals surface area contributed by atoms with Crippen LogP contribution in [0.25, 0.3) is 10.8 Å². The van der Waals surface area contributed by atoms with Gasteiger partial charge in [-0.1, -0.05) is 89.9 Å². The maximum Gasteiger partial charge on any atom is 0.332 e. The lowest BCUT2D eigenvalue weighted by Gasteiger charge is -2.46. The molecule has 0 saturated carbocycles. The van der Waals surface area contributed by atoms with Crippen LogP contribution in [0.5, 0.6) is 0 Å². The summed E-state index contributed by atoms with van der Waals surface area (Å²) >= 11 is 12.2. The lowest BCUT2D eigenvalue weighted by atomic mass is 9.98. The van der Waals surface area contributed by atoms with Crippen LogP contribution < -0.4 is 5.32 Å². The van der Waals surface area contributed by atoms with Gasteiger partial charge in [-0.2, -0.15) is 5.01 Å². The van der Waals surface area contributed by atoms with Crippen molar-refractivity contribution in [2.75, 3.05) is 19.6 Å². The van der Waals surface area contributed by atoms with Gasteiger partial charge in [0, 0.05) is 31.6 Å². The highest BCUT2D eigenvalue weighted by atomic mass is 35.5. The number of piperazine rings is 1. The van der Waals surface area contributed by atoms with Crippen molar-refractivity contribution in [3.05, 3.63) is 134 Å². The van der Waals surface area contributed by atoms with E-state index in [9.17, 15) is 24.5 Å². The number of hydrogen-bond donors (Lipinski definition) is 1. The Morgan fingerprint density at radius 2 is 1.73 bits per heavy atom. The molecule has 6 rings (SSSR count). The number of urea groups is 1. The number of nitro benzene ring substituents is 1. The van der Waals surface area contributed by atoms with Gasteiger partial charge in [0.1, 0.15) is 12.2 Å². The molecular formula is C35H32Cl2N6O5. The van der Waals surface area contributed by atoms with Gasteiger partial charge in [-0.05, 0) is 39.6 Å². The molecule has 0 aliphatic carbocycles. The summed E-state index contributed by atoms with van der Waals surface area (Å²) in [4.78, 5) is 55.7. The zero-order chi connectivity index (χ0) is 33.9. The molecule has 1 N–H and O–H groups in total. The fraction of sp³-hybridized carbons (Fsp3) is 0.229. The first-order valence-electron chi connectivity index (χ1n) is 15.3. The molecule has 2 saturated heterocycles. The van der Waals surface area contributed by atoms with Crippen molar-refractivity contribution in [3.63, 3.8) is 0 Å². The minimum atomic E-state index is -0.900. The number of nitrogens with zero attached hydrogens (tertiary/aromatic N) is 5. The van der Waals surface area contributed by atoms with E-state index in [-0.39, 0.29) is 56.6 Å². The Morgan fingerprint density at radius 3 is 2.46 bits per heavy atom. The Balaban J connectivity index is 1.31. The predicted molar refractivity (Wildman–Crippen MR) is 183 cm³/mol. The van der Waals surface area contributed by atoms with E-state index in [0.717, 1.165) is 21.9 Å². The lowest BCUT2D eigenvalue weighted by Crippen LogP contribution is -2.66. The number of rotatable bonds is 10. The number of amides is 4. The van der Waals surface area contributed by atoms with Crippen LogP contribution >= 0.6 is 23.2 Å². The van der Waals surface area contributed by atoms with E-state index in [1.54, 1.807) is 51.2 Å². The molecule has 2 heterocycles. The predicted octanol–water partition coefficient (Wildman–Crippen LogP) is 5.79. The van der Waals surface area contributed by atoms with Gasteiger partial charge in [0.05, 0.1) is 34.6 Å². The molecule has 48 heavy (non-hydrogen) atoms. The number of fused-ring (bicyclic) bond motifs is 2. The number of nitro groups is 1. The van der Waals surface area contributed by atoms with Crippen molar-refractivity contribution < 1.29 is 19.3 Å². The van der Waals surface area contributed by atoms with Gasteiger partial charge < -0.3 is 15.1 Å². The zero-order valence-electron chi connectivity index (χ0n) is 25.8. The van der Waals surface area contributed by atoms with Crippen LogP contribution in [0, 0.1) is 10.1 Å². The molecule has 0 aromatic heterocycles.